The van der Waals surface area contributed by atoms with Crippen LogP contribution >= 0.6 is 0 Å². The van der Waals surface area contributed by atoms with Crippen molar-refractivity contribution in [2.24, 2.45) is 5.92 Å². The predicted octanol–water partition coefficient (Wildman–Crippen LogP) is 5.39. The molecule has 3 aromatic rings. The second-order valence-corrected chi connectivity index (χ2v) is 12.5. The number of carbonyl (C=O) groups is 2. The molecule has 0 saturated carbocycles. The molecule has 0 aliphatic heterocycles. The quantitative estimate of drug-likeness (QED) is 0.320. The molecule has 0 unspecified atom stereocenters. The van der Waals surface area contributed by atoms with E-state index < -0.39 is 28.5 Å². The van der Waals surface area contributed by atoms with Gasteiger partial charge in [0.15, 0.2) is 0 Å². The number of nitrogens with zero attached hydrogens (tertiary/aromatic N) is 2. The van der Waals surface area contributed by atoms with E-state index >= 15 is 0 Å². The number of hydrogen-bond acceptors (Lipinski definition) is 4. The van der Waals surface area contributed by atoms with Gasteiger partial charge in [0.1, 0.15) is 12.6 Å². The smallest absolute Gasteiger partial charge is 0.264 e. The van der Waals surface area contributed by atoms with Crippen LogP contribution in [0.1, 0.15) is 49.4 Å². The van der Waals surface area contributed by atoms with Gasteiger partial charge in [-0.3, -0.25) is 13.9 Å². The van der Waals surface area contributed by atoms with Crippen molar-refractivity contribution in [3.05, 3.63) is 95.1 Å². The van der Waals surface area contributed by atoms with E-state index in [4.69, 9.17) is 0 Å². The molecule has 2 amide bonds. The number of rotatable bonds is 12. The van der Waals surface area contributed by atoms with Crippen molar-refractivity contribution in [1.29, 1.82) is 0 Å². The molecule has 7 nitrogen and oxygen atoms in total. The minimum atomic E-state index is -4.10. The van der Waals surface area contributed by atoms with Crippen molar-refractivity contribution in [2.45, 2.75) is 65.4 Å². The maximum atomic E-state index is 14.1. The summed E-state index contributed by atoms with van der Waals surface area (Å²) in [5.74, 6) is -0.452. The largest absolute Gasteiger partial charge is 0.354 e. The Morgan fingerprint density at radius 1 is 0.875 bits per heavy atom. The Labute approximate surface area is 239 Å². The molecule has 1 N–H and O–H groups in total. The van der Waals surface area contributed by atoms with Crippen LogP contribution in [0.5, 0.6) is 0 Å². The minimum absolute atomic E-state index is 0.100. The van der Waals surface area contributed by atoms with Crippen LogP contribution in [0.15, 0.2) is 77.7 Å². The number of carbonyl (C=O) groups excluding carboxylic acids is 2. The van der Waals surface area contributed by atoms with Gasteiger partial charge in [-0.1, -0.05) is 80.9 Å². The first-order chi connectivity index (χ1) is 18.9. The maximum Gasteiger partial charge on any atom is 0.264 e. The zero-order valence-electron chi connectivity index (χ0n) is 24.3. The molecule has 214 valence electrons. The molecule has 0 spiro atoms. The van der Waals surface area contributed by atoms with Crippen LogP contribution in [0.25, 0.3) is 0 Å². The van der Waals surface area contributed by atoms with Gasteiger partial charge >= 0.3 is 0 Å². The summed E-state index contributed by atoms with van der Waals surface area (Å²) in [6, 6.07) is 20.8. The van der Waals surface area contributed by atoms with Crippen LogP contribution in [-0.4, -0.2) is 44.3 Å². The summed E-state index contributed by atoms with van der Waals surface area (Å²) >= 11 is 0. The van der Waals surface area contributed by atoms with E-state index in [1.807, 2.05) is 84.0 Å². The lowest BCUT2D eigenvalue weighted by atomic mass is 10.1. The third-order valence-electron chi connectivity index (χ3n) is 6.79. The van der Waals surface area contributed by atoms with Gasteiger partial charge in [-0.15, -0.1) is 0 Å². The van der Waals surface area contributed by atoms with Gasteiger partial charge in [-0.05, 0) is 68.0 Å². The van der Waals surface area contributed by atoms with Crippen molar-refractivity contribution in [3.63, 3.8) is 0 Å². The molecule has 0 saturated heterocycles. The van der Waals surface area contributed by atoms with E-state index in [1.165, 1.54) is 9.21 Å². The lowest BCUT2D eigenvalue weighted by molar-refractivity contribution is -0.140. The standard InChI is InChI=1S/C32H41N3O4S/c1-7-29(32(37)33-20-23(2)3)34(21-27-11-9-8-10-12-27)31(36)22-35(30-19-25(5)13-16-26(30)6)40(38,39)28-17-14-24(4)15-18-28/h8-19,23,29H,7,20-22H2,1-6H3,(H,33,37)/t29-/m1/s1. The summed E-state index contributed by atoms with van der Waals surface area (Å²) in [7, 11) is -4.10. The van der Waals surface area contributed by atoms with Gasteiger partial charge in [0, 0.05) is 13.1 Å². The zero-order chi connectivity index (χ0) is 29.4. The Balaban J connectivity index is 2.07. The highest BCUT2D eigenvalue weighted by Crippen LogP contribution is 2.29. The Hall–Kier alpha value is -3.65. The predicted molar refractivity (Wildman–Crippen MR) is 161 cm³/mol. The van der Waals surface area contributed by atoms with Crippen LogP contribution in [0, 0.1) is 26.7 Å². The summed E-state index contributed by atoms with van der Waals surface area (Å²) in [6.07, 6.45) is 0.386. The molecule has 3 aromatic carbocycles. The van der Waals surface area contributed by atoms with E-state index in [0.717, 1.165) is 22.3 Å². The van der Waals surface area contributed by atoms with Crippen molar-refractivity contribution in [3.8, 4) is 0 Å². The minimum Gasteiger partial charge on any atom is -0.354 e. The average Bonchev–Trinajstić information content (AvgIpc) is 2.92. The molecular formula is C32H41N3O4S. The average molecular weight is 564 g/mol. The number of hydrogen-bond donors (Lipinski definition) is 1. The van der Waals surface area contributed by atoms with E-state index in [0.29, 0.717) is 18.7 Å². The first-order valence-electron chi connectivity index (χ1n) is 13.7. The van der Waals surface area contributed by atoms with E-state index in [2.05, 4.69) is 5.32 Å². The zero-order valence-corrected chi connectivity index (χ0v) is 25.2. The van der Waals surface area contributed by atoms with Gasteiger partial charge in [0.05, 0.1) is 10.6 Å². The van der Waals surface area contributed by atoms with E-state index in [-0.39, 0.29) is 23.3 Å². The second kappa shape index (κ2) is 13.6. The third kappa shape index (κ3) is 7.72. The van der Waals surface area contributed by atoms with Crippen LogP contribution in [0.3, 0.4) is 0 Å². The Morgan fingerprint density at radius 2 is 1.50 bits per heavy atom. The first kappa shape index (κ1) is 30.9. The molecule has 0 bridgehead atoms. The van der Waals surface area contributed by atoms with E-state index in [1.54, 1.807) is 30.3 Å². The number of anilines is 1. The normalized spacial score (nSPS) is 12.2. The molecule has 8 heteroatoms. The summed E-state index contributed by atoms with van der Waals surface area (Å²) in [5, 5.41) is 2.95. The van der Waals surface area contributed by atoms with Crippen molar-refractivity contribution < 1.29 is 18.0 Å². The summed E-state index contributed by atoms with van der Waals surface area (Å²) in [4.78, 5) is 29.0. The fourth-order valence-corrected chi connectivity index (χ4v) is 5.93. The summed E-state index contributed by atoms with van der Waals surface area (Å²) < 4.78 is 29.3. The number of benzene rings is 3. The van der Waals surface area contributed by atoms with Crippen LogP contribution < -0.4 is 9.62 Å². The van der Waals surface area contributed by atoms with Gasteiger partial charge in [0.25, 0.3) is 10.0 Å². The molecule has 0 fully saturated rings. The third-order valence-corrected chi connectivity index (χ3v) is 8.56. The molecule has 0 aliphatic carbocycles. The van der Waals surface area contributed by atoms with Gasteiger partial charge in [-0.2, -0.15) is 0 Å². The molecule has 1 atom stereocenters. The Bertz CT molecular complexity index is 1400. The van der Waals surface area contributed by atoms with Gasteiger partial charge in [0.2, 0.25) is 11.8 Å². The molecule has 40 heavy (non-hydrogen) atoms. The number of amides is 2. The monoisotopic (exact) mass is 563 g/mol. The fraction of sp³-hybridized carbons (Fsp3) is 0.375. The van der Waals surface area contributed by atoms with Gasteiger partial charge < -0.3 is 10.2 Å². The molecule has 0 radical (unpaired) electrons. The van der Waals surface area contributed by atoms with Crippen molar-refractivity contribution in [1.82, 2.24) is 10.2 Å². The van der Waals surface area contributed by atoms with Crippen LogP contribution in [-0.2, 0) is 26.2 Å². The highest BCUT2D eigenvalue weighted by atomic mass is 32.2. The lowest BCUT2D eigenvalue weighted by Gasteiger charge is -2.33. The Morgan fingerprint density at radius 3 is 2.10 bits per heavy atom. The first-order valence-corrected chi connectivity index (χ1v) is 15.2. The number of nitrogens with one attached hydrogen (secondary N) is 1. The van der Waals surface area contributed by atoms with Crippen molar-refractivity contribution in [2.75, 3.05) is 17.4 Å². The summed E-state index contributed by atoms with van der Waals surface area (Å²) in [6.45, 7) is 11.7. The maximum absolute atomic E-state index is 14.1. The summed E-state index contributed by atoms with van der Waals surface area (Å²) in [5.41, 5.74) is 3.82. The molecule has 3 rings (SSSR count). The van der Waals surface area contributed by atoms with Gasteiger partial charge in [-0.25, -0.2) is 8.42 Å². The highest BCUT2D eigenvalue weighted by Gasteiger charge is 2.34. The fourth-order valence-electron chi connectivity index (χ4n) is 4.46. The lowest BCUT2D eigenvalue weighted by Crippen LogP contribution is -2.52. The molecule has 0 aromatic heterocycles. The molecule has 0 heterocycles. The molecule has 0 aliphatic rings. The van der Waals surface area contributed by atoms with E-state index in [9.17, 15) is 18.0 Å². The van der Waals surface area contributed by atoms with Crippen LogP contribution in [0.2, 0.25) is 0 Å². The second-order valence-electron chi connectivity index (χ2n) is 10.7. The SMILES string of the molecule is CC[C@H](C(=O)NCC(C)C)N(Cc1ccccc1)C(=O)CN(c1cc(C)ccc1C)S(=O)(=O)c1ccc(C)cc1. The number of sulfonamides is 1. The molecular weight excluding hydrogens is 522 g/mol. The number of aryl methyl sites for hydroxylation is 3. The highest BCUT2D eigenvalue weighted by molar-refractivity contribution is 7.92. The van der Waals surface area contributed by atoms with Crippen LogP contribution in [0.4, 0.5) is 5.69 Å². The van der Waals surface area contributed by atoms with Crippen molar-refractivity contribution >= 4 is 27.5 Å². The topological polar surface area (TPSA) is 86.8 Å². The Kier molecular flexibility index (Phi) is 10.5.